The summed E-state index contributed by atoms with van der Waals surface area (Å²) in [6, 6.07) is 13.1. The van der Waals surface area contributed by atoms with Crippen molar-refractivity contribution in [1.82, 2.24) is 0 Å². The van der Waals surface area contributed by atoms with E-state index in [0.717, 1.165) is 25.4 Å². The van der Waals surface area contributed by atoms with Gasteiger partial charge in [-0.2, -0.15) is 5.26 Å². The van der Waals surface area contributed by atoms with Gasteiger partial charge in [0.05, 0.1) is 0 Å². The van der Waals surface area contributed by atoms with Crippen LogP contribution in [0.25, 0.3) is 6.08 Å². The van der Waals surface area contributed by atoms with Crippen LogP contribution in [0.2, 0.25) is 0 Å². The molecule has 5 nitrogen and oxygen atoms in total. The quantitative estimate of drug-likeness (QED) is 0.606. The second-order valence-corrected chi connectivity index (χ2v) is 5.52. The molecule has 2 rings (SSSR count). The third kappa shape index (κ3) is 4.74. The highest BCUT2D eigenvalue weighted by Crippen LogP contribution is 2.20. The van der Waals surface area contributed by atoms with Crippen molar-refractivity contribution in [2.24, 2.45) is 0 Å². The molecule has 0 aliphatic heterocycles. The summed E-state index contributed by atoms with van der Waals surface area (Å²) in [5, 5.41) is 12.0. The molecule has 0 radical (unpaired) electrons. The van der Waals surface area contributed by atoms with Crippen LogP contribution in [0.4, 0.5) is 11.6 Å². The Morgan fingerprint density at radius 1 is 1.16 bits per heavy atom. The molecule has 0 fully saturated rings. The molecule has 0 bridgehead atoms. The Hall–Kier alpha value is -3.00. The smallest absolute Gasteiger partial charge is 0.266 e. The van der Waals surface area contributed by atoms with Crippen molar-refractivity contribution in [2.75, 3.05) is 23.3 Å². The Bertz CT molecular complexity index is 778. The molecule has 0 saturated heterocycles. The molecule has 1 N–H and O–H groups in total. The summed E-state index contributed by atoms with van der Waals surface area (Å²) in [5.74, 6) is 0.756. The number of carbonyl (C=O) groups is 1. The highest BCUT2D eigenvalue weighted by atomic mass is 16.4. The van der Waals surface area contributed by atoms with E-state index < -0.39 is 5.91 Å². The minimum atomic E-state index is -0.451. The maximum Gasteiger partial charge on any atom is 0.266 e. The summed E-state index contributed by atoms with van der Waals surface area (Å²) in [4.78, 5) is 14.4. The Balaban J connectivity index is 2.13. The van der Waals surface area contributed by atoms with Crippen molar-refractivity contribution in [2.45, 2.75) is 27.2 Å². The number of nitriles is 1. The van der Waals surface area contributed by atoms with Gasteiger partial charge < -0.3 is 14.6 Å². The van der Waals surface area contributed by atoms with E-state index in [1.54, 1.807) is 6.07 Å². The zero-order valence-electron chi connectivity index (χ0n) is 14.9. The third-order valence-corrected chi connectivity index (χ3v) is 3.96. The second kappa shape index (κ2) is 8.74. The molecular formula is C20H23N3O2. The monoisotopic (exact) mass is 337 g/mol. The van der Waals surface area contributed by atoms with Crippen LogP contribution in [-0.4, -0.2) is 19.0 Å². The number of nitrogens with zero attached hydrogens (tertiary/aromatic N) is 2. The van der Waals surface area contributed by atoms with E-state index >= 15 is 0 Å². The van der Waals surface area contributed by atoms with Crippen molar-refractivity contribution in [3.8, 4) is 6.07 Å². The first-order chi connectivity index (χ1) is 12.1. The van der Waals surface area contributed by atoms with Gasteiger partial charge in [-0.25, -0.2) is 0 Å². The molecule has 2 aromatic rings. The van der Waals surface area contributed by atoms with Gasteiger partial charge in [-0.3, -0.25) is 4.79 Å². The Morgan fingerprint density at radius 3 is 2.40 bits per heavy atom. The molecule has 0 saturated carbocycles. The number of nitrogens with one attached hydrogen (secondary N) is 1. The summed E-state index contributed by atoms with van der Waals surface area (Å²) in [5.41, 5.74) is 1.85. The van der Waals surface area contributed by atoms with E-state index in [9.17, 15) is 10.1 Å². The summed E-state index contributed by atoms with van der Waals surface area (Å²) in [7, 11) is 0. The van der Waals surface area contributed by atoms with E-state index in [1.807, 2.05) is 50.2 Å². The molecule has 0 unspecified atom stereocenters. The van der Waals surface area contributed by atoms with Crippen molar-refractivity contribution in [1.29, 1.82) is 5.26 Å². The van der Waals surface area contributed by atoms with Gasteiger partial charge in [0.2, 0.25) is 0 Å². The van der Waals surface area contributed by atoms with E-state index in [-0.39, 0.29) is 5.57 Å². The molecule has 0 atom stereocenters. The molecule has 130 valence electrons. The fraction of sp³-hybridized carbons (Fsp3) is 0.300. The lowest BCUT2D eigenvalue weighted by Gasteiger charge is -2.16. The first-order valence-electron chi connectivity index (χ1n) is 8.48. The van der Waals surface area contributed by atoms with Crippen LogP contribution < -0.4 is 10.2 Å². The van der Waals surface area contributed by atoms with E-state index in [0.29, 0.717) is 11.4 Å². The number of benzene rings is 1. The minimum Gasteiger partial charge on any atom is -0.441 e. The van der Waals surface area contributed by atoms with Crippen LogP contribution in [0, 0.1) is 11.3 Å². The van der Waals surface area contributed by atoms with Gasteiger partial charge in [0, 0.05) is 30.9 Å². The summed E-state index contributed by atoms with van der Waals surface area (Å²) >= 11 is 0. The van der Waals surface area contributed by atoms with E-state index in [4.69, 9.17) is 4.42 Å². The van der Waals surface area contributed by atoms with Crippen molar-refractivity contribution in [3.63, 3.8) is 0 Å². The predicted molar refractivity (Wildman–Crippen MR) is 100 cm³/mol. The van der Waals surface area contributed by atoms with E-state index in [1.165, 1.54) is 11.6 Å². The van der Waals surface area contributed by atoms with Gasteiger partial charge in [0.15, 0.2) is 5.88 Å². The van der Waals surface area contributed by atoms with Gasteiger partial charge >= 0.3 is 0 Å². The second-order valence-electron chi connectivity index (χ2n) is 5.52. The van der Waals surface area contributed by atoms with Crippen LogP contribution in [0.5, 0.6) is 0 Å². The van der Waals surface area contributed by atoms with Gasteiger partial charge in [-0.15, -0.1) is 0 Å². The van der Waals surface area contributed by atoms with Gasteiger partial charge in [0.1, 0.15) is 17.4 Å². The highest BCUT2D eigenvalue weighted by molar-refractivity contribution is 6.09. The number of hydrogen-bond acceptors (Lipinski definition) is 4. The number of carbonyl (C=O) groups excluding carboxylic acids is 1. The average molecular weight is 337 g/mol. The fourth-order valence-corrected chi connectivity index (χ4v) is 2.44. The first kappa shape index (κ1) is 18.3. The summed E-state index contributed by atoms with van der Waals surface area (Å²) in [6.45, 7) is 7.80. The number of aryl methyl sites for hydroxylation is 1. The van der Waals surface area contributed by atoms with Crippen molar-refractivity contribution < 1.29 is 9.21 Å². The van der Waals surface area contributed by atoms with Gasteiger partial charge in [-0.1, -0.05) is 19.1 Å². The van der Waals surface area contributed by atoms with Gasteiger partial charge in [0.25, 0.3) is 5.91 Å². The van der Waals surface area contributed by atoms with Crippen LogP contribution in [0.1, 0.15) is 32.1 Å². The van der Waals surface area contributed by atoms with Crippen molar-refractivity contribution >= 4 is 23.6 Å². The zero-order valence-corrected chi connectivity index (χ0v) is 14.9. The number of amides is 1. The SMILES string of the molecule is CCc1ccc(NC(=O)/C(C#N)=C\c2ccc(N(CC)CC)o2)cc1. The maximum absolute atomic E-state index is 12.3. The zero-order chi connectivity index (χ0) is 18.2. The highest BCUT2D eigenvalue weighted by Gasteiger charge is 2.12. The normalized spacial score (nSPS) is 11.0. The van der Waals surface area contributed by atoms with Crippen molar-refractivity contribution in [3.05, 3.63) is 53.3 Å². The Morgan fingerprint density at radius 2 is 1.84 bits per heavy atom. The Kier molecular flexibility index (Phi) is 6.41. The Labute approximate surface area is 148 Å². The molecule has 0 aliphatic rings. The third-order valence-electron chi connectivity index (χ3n) is 3.96. The summed E-state index contributed by atoms with van der Waals surface area (Å²) < 4.78 is 5.71. The molecule has 5 heteroatoms. The lowest BCUT2D eigenvalue weighted by atomic mass is 10.1. The minimum absolute atomic E-state index is 0.0000139. The standard InChI is InChI=1S/C20H23N3O2/c1-4-15-7-9-17(10-8-15)22-20(24)16(14-21)13-18-11-12-19(25-18)23(5-2)6-3/h7-13H,4-6H2,1-3H3,(H,22,24)/b16-13-. The average Bonchev–Trinajstić information content (AvgIpc) is 3.09. The lowest BCUT2D eigenvalue weighted by molar-refractivity contribution is -0.112. The molecule has 0 spiro atoms. The number of hydrogen-bond donors (Lipinski definition) is 1. The first-order valence-corrected chi connectivity index (χ1v) is 8.48. The fourth-order valence-electron chi connectivity index (χ4n) is 2.44. The molecule has 1 aromatic carbocycles. The molecule has 1 amide bonds. The number of anilines is 2. The molecule has 1 aromatic heterocycles. The number of furan rings is 1. The molecule has 1 heterocycles. The maximum atomic E-state index is 12.3. The predicted octanol–water partition coefficient (Wildman–Crippen LogP) is 4.23. The largest absolute Gasteiger partial charge is 0.441 e. The van der Waals surface area contributed by atoms with E-state index in [2.05, 4.69) is 17.1 Å². The van der Waals surface area contributed by atoms with Crippen LogP contribution >= 0.6 is 0 Å². The molecular weight excluding hydrogens is 314 g/mol. The van der Waals surface area contributed by atoms with Crippen LogP contribution in [-0.2, 0) is 11.2 Å². The summed E-state index contributed by atoms with van der Waals surface area (Å²) in [6.07, 6.45) is 2.40. The molecule has 0 aliphatic carbocycles. The topological polar surface area (TPSA) is 69.3 Å². The van der Waals surface area contributed by atoms with Crippen LogP contribution in [0.3, 0.4) is 0 Å². The lowest BCUT2D eigenvalue weighted by Crippen LogP contribution is -2.20. The van der Waals surface area contributed by atoms with Crippen LogP contribution in [0.15, 0.2) is 46.4 Å². The van der Waals surface area contributed by atoms with Gasteiger partial charge in [-0.05, 0) is 44.0 Å². The molecule has 25 heavy (non-hydrogen) atoms. The number of rotatable bonds is 7.